The van der Waals surface area contributed by atoms with E-state index < -0.39 is 12.6 Å². The highest BCUT2D eigenvalue weighted by atomic mass is 16.3. The lowest BCUT2D eigenvalue weighted by atomic mass is 9.97. The molecule has 0 aromatic rings. The van der Waals surface area contributed by atoms with Crippen LogP contribution >= 0.6 is 0 Å². The van der Waals surface area contributed by atoms with Gasteiger partial charge in [-0.05, 0) is 31.6 Å². The van der Waals surface area contributed by atoms with Gasteiger partial charge in [0.25, 0.3) is 0 Å². The van der Waals surface area contributed by atoms with Crippen LogP contribution in [-0.2, 0) is 9.59 Å². The SMILES string of the molecule is N=C(N)N1CCC(CNC(=O)[C@@H]2CCCN2C(=O)CO)CC1. The van der Waals surface area contributed by atoms with E-state index in [2.05, 4.69) is 5.32 Å². The topological polar surface area (TPSA) is 123 Å². The molecule has 124 valence electrons. The van der Waals surface area contributed by atoms with Crippen molar-refractivity contribution in [1.29, 1.82) is 5.41 Å². The Morgan fingerprint density at radius 3 is 2.50 bits per heavy atom. The summed E-state index contributed by atoms with van der Waals surface area (Å²) in [4.78, 5) is 27.1. The Hall–Kier alpha value is -1.83. The fourth-order valence-electron chi connectivity index (χ4n) is 3.17. The predicted octanol–water partition coefficient (Wildman–Crippen LogP) is -1.31. The van der Waals surface area contributed by atoms with Gasteiger partial charge in [-0.3, -0.25) is 15.0 Å². The average Bonchev–Trinajstić information content (AvgIpc) is 3.01. The largest absolute Gasteiger partial charge is 0.387 e. The van der Waals surface area contributed by atoms with Crippen molar-refractivity contribution in [3.63, 3.8) is 0 Å². The van der Waals surface area contributed by atoms with E-state index in [1.165, 1.54) is 4.90 Å². The Kier molecular flexibility index (Phi) is 5.59. The number of likely N-dealkylation sites (tertiary alicyclic amines) is 2. The number of aliphatic hydroxyl groups excluding tert-OH is 1. The second kappa shape index (κ2) is 7.44. The number of carbonyl (C=O) groups is 2. The molecule has 5 N–H and O–H groups in total. The Morgan fingerprint density at radius 2 is 1.91 bits per heavy atom. The first-order valence-corrected chi connectivity index (χ1v) is 7.80. The third kappa shape index (κ3) is 3.88. The first-order valence-electron chi connectivity index (χ1n) is 7.80. The van der Waals surface area contributed by atoms with E-state index in [0.717, 1.165) is 32.4 Å². The molecule has 0 unspecified atom stereocenters. The summed E-state index contributed by atoms with van der Waals surface area (Å²) in [5, 5.41) is 19.3. The lowest BCUT2D eigenvalue weighted by molar-refractivity contribution is -0.140. The third-order valence-corrected chi connectivity index (χ3v) is 4.53. The number of piperidine rings is 1. The van der Waals surface area contributed by atoms with Gasteiger partial charge in [-0.25, -0.2) is 0 Å². The molecule has 2 aliphatic heterocycles. The van der Waals surface area contributed by atoms with Crippen LogP contribution in [0.3, 0.4) is 0 Å². The van der Waals surface area contributed by atoms with Gasteiger partial charge in [0.2, 0.25) is 11.8 Å². The van der Waals surface area contributed by atoms with E-state index in [4.69, 9.17) is 16.2 Å². The maximum Gasteiger partial charge on any atom is 0.248 e. The highest BCUT2D eigenvalue weighted by molar-refractivity contribution is 5.88. The number of rotatable bonds is 4. The van der Waals surface area contributed by atoms with E-state index in [1.807, 2.05) is 4.90 Å². The Morgan fingerprint density at radius 1 is 1.23 bits per heavy atom. The zero-order chi connectivity index (χ0) is 16.1. The normalized spacial score (nSPS) is 22.7. The molecule has 0 aromatic carbocycles. The zero-order valence-corrected chi connectivity index (χ0v) is 12.8. The van der Waals surface area contributed by atoms with Crippen molar-refractivity contribution in [2.75, 3.05) is 32.8 Å². The van der Waals surface area contributed by atoms with Gasteiger partial charge in [0.1, 0.15) is 12.6 Å². The molecule has 0 aliphatic carbocycles. The van der Waals surface area contributed by atoms with Crippen molar-refractivity contribution in [2.45, 2.75) is 31.7 Å². The molecule has 0 radical (unpaired) electrons. The monoisotopic (exact) mass is 311 g/mol. The molecular formula is C14H25N5O3. The van der Waals surface area contributed by atoms with Gasteiger partial charge in [-0.2, -0.15) is 0 Å². The molecule has 8 nitrogen and oxygen atoms in total. The summed E-state index contributed by atoms with van der Waals surface area (Å²) in [7, 11) is 0. The minimum Gasteiger partial charge on any atom is -0.387 e. The molecule has 22 heavy (non-hydrogen) atoms. The van der Waals surface area contributed by atoms with E-state index in [0.29, 0.717) is 25.4 Å². The van der Waals surface area contributed by atoms with Gasteiger partial charge in [-0.15, -0.1) is 0 Å². The summed E-state index contributed by atoms with van der Waals surface area (Å²) in [6, 6.07) is -0.447. The quantitative estimate of drug-likeness (QED) is 0.379. The van der Waals surface area contributed by atoms with Gasteiger partial charge in [0.15, 0.2) is 5.96 Å². The van der Waals surface area contributed by atoms with Crippen molar-refractivity contribution in [3.8, 4) is 0 Å². The van der Waals surface area contributed by atoms with E-state index in [-0.39, 0.29) is 17.8 Å². The van der Waals surface area contributed by atoms with Gasteiger partial charge < -0.3 is 26.0 Å². The van der Waals surface area contributed by atoms with Crippen molar-refractivity contribution in [3.05, 3.63) is 0 Å². The van der Waals surface area contributed by atoms with Crippen LogP contribution in [0.25, 0.3) is 0 Å². The van der Waals surface area contributed by atoms with Gasteiger partial charge >= 0.3 is 0 Å². The highest BCUT2D eigenvalue weighted by Crippen LogP contribution is 2.19. The first-order chi connectivity index (χ1) is 10.5. The average molecular weight is 311 g/mol. The molecule has 1 atom stereocenters. The lowest BCUT2D eigenvalue weighted by Gasteiger charge is -2.32. The van der Waals surface area contributed by atoms with Gasteiger partial charge in [0, 0.05) is 26.2 Å². The molecule has 0 aromatic heterocycles. The number of guanidine groups is 1. The van der Waals surface area contributed by atoms with E-state index in [1.54, 1.807) is 0 Å². The number of hydrogen-bond acceptors (Lipinski definition) is 4. The highest BCUT2D eigenvalue weighted by Gasteiger charge is 2.33. The maximum atomic E-state index is 12.2. The number of carbonyl (C=O) groups excluding carboxylic acids is 2. The Balaban J connectivity index is 1.76. The predicted molar refractivity (Wildman–Crippen MR) is 81.0 cm³/mol. The molecule has 8 heteroatoms. The molecule has 2 rings (SSSR count). The van der Waals surface area contributed by atoms with Crippen LogP contribution in [0, 0.1) is 11.3 Å². The molecule has 2 aliphatic rings. The zero-order valence-electron chi connectivity index (χ0n) is 12.8. The standard InChI is InChI=1S/C14H25N5O3/c15-14(16)18-6-3-10(4-7-18)8-17-13(22)11-2-1-5-19(11)12(21)9-20/h10-11,20H,1-9H2,(H3,15,16)(H,17,22)/t11-/m0/s1. The van der Waals surface area contributed by atoms with Crippen molar-refractivity contribution in [2.24, 2.45) is 11.7 Å². The van der Waals surface area contributed by atoms with Crippen molar-refractivity contribution in [1.82, 2.24) is 15.1 Å². The molecule has 2 amide bonds. The minimum absolute atomic E-state index is 0.103. The Labute approximate surface area is 130 Å². The number of hydrogen-bond donors (Lipinski definition) is 4. The second-order valence-corrected chi connectivity index (χ2v) is 5.96. The van der Waals surface area contributed by atoms with Gasteiger partial charge in [-0.1, -0.05) is 0 Å². The molecule has 0 bridgehead atoms. The number of nitrogens with zero attached hydrogens (tertiary/aromatic N) is 2. The number of aliphatic hydroxyl groups is 1. The smallest absolute Gasteiger partial charge is 0.248 e. The summed E-state index contributed by atoms with van der Waals surface area (Å²) in [6.07, 6.45) is 3.23. The maximum absolute atomic E-state index is 12.2. The number of nitrogens with two attached hydrogens (primary N) is 1. The molecule has 2 saturated heterocycles. The fourth-order valence-corrected chi connectivity index (χ4v) is 3.17. The van der Waals surface area contributed by atoms with Crippen LogP contribution in [0.4, 0.5) is 0 Å². The first kappa shape index (κ1) is 16.5. The van der Waals surface area contributed by atoms with E-state index in [9.17, 15) is 9.59 Å². The molecule has 2 fully saturated rings. The van der Waals surface area contributed by atoms with Crippen LogP contribution < -0.4 is 11.1 Å². The summed E-state index contributed by atoms with van der Waals surface area (Å²) < 4.78 is 0. The molecule has 0 spiro atoms. The summed E-state index contributed by atoms with van der Waals surface area (Å²) in [5.41, 5.74) is 5.46. The minimum atomic E-state index is -0.548. The van der Waals surface area contributed by atoms with Crippen molar-refractivity contribution >= 4 is 17.8 Å². The van der Waals surface area contributed by atoms with Crippen molar-refractivity contribution < 1.29 is 14.7 Å². The summed E-state index contributed by atoms with van der Waals surface area (Å²) in [6.45, 7) is 2.06. The summed E-state index contributed by atoms with van der Waals surface area (Å²) in [5.74, 6) is -0.0322. The number of nitrogens with one attached hydrogen (secondary N) is 2. The van der Waals surface area contributed by atoms with E-state index >= 15 is 0 Å². The number of amides is 2. The van der Waals surface area contributed by atoms with Crippen LogP contribution in [0.2, 0.25) is 0 Å². The Bertz CT molecular complexity index is 434. The van der Waals surface area contributed by atoms with Crippen LogP contribution in [-0.4, -0.2) is 71.5 Å². The van der Waals surface area contributed by atoms with Crippen LogP contribution in [0.5, 0.6) is 0 Å². The fraction of sp³-hybridized carbons (Fsp3) is 0.786. The lowest BCUT2D eigenvalue weighted by Crippen LogP contribution is -2.49. The third-order valence-electron chi connectivity index (χ3n) is 4.53. The van der Waals surface area contributed by atoms with Gasteiger partial charge in [0.05, 0.1) is 0 Å². The molecule has 0 saturated carbocycles. The summed E-state index contributed by atoms with van der Waals surface area (Å²) >= 11 is 0. The second-order valence-electron chi connectivity index (χ2n) is 5.96. The molecule has 2 heterocycles. The van der Waals surface area contributed by atoms with Crippen LogP contribution in [0.1, 0.15) is 25.7 Å². The van der Waals surface area contributed by atoms with Crippen LogP contribution in [0.15, 0.2) is 0 Å². The molecular weight excluding hydrogens is 286 g/mol.